The van der Waals surface area contributed by atoms with Gasteiger partial charge in [0.05, 0.1) is 11.1 Å². The van der Waals surface area contributed by atoms with Crippen molar-refractivity contribution in [3.8, 4) is 0 Å². The third-order valence-corrected chi connectivity index (χ3v) is 9.72. The SMILES string of the molecule is CCCCCCCCP(CCCCCCCC)CCCCCCCC.O=C(O)c1ccccc1C(=O)O. The second-order valence-corrected chi connectivity index (χ2v) is 13.0. The van der Waals surface area contributed by atoms with Crippen LogP contribution in [-0.2, 0) is 0 Å². The number of aromatic carboxylic acids is 2. The van der Waals surface area contributed by atoms with Crippen LogP contribution in [0, 0.1) is 0 Å². The van der Waals surface area contributed by atoms with Crippen molar-refractivity contribution in [2.75, 3.05) is 18.5 Å². The fourth-order valence-electron chi connectivity index (χ4n) is 4.54. The predicted molar refractivity (Wildman–Crippen MR) is 162 cm³/mol. The summed E-state index contributed by atoms with van der Waals surface area (Å²) in [5.41, 5.74) is -0.380. The second kappa shape index (κ2) is 26.2. The van der Waals surface area contributed by atoms with Crippen LogP contribution in [0.2, 0.25) is 0 Å². The molecule has 0 saturated heterocycles. The van der Waals surface area contributed by atoms with E-state index in [1.54, 1.807) is 18.5 Å². The molecule has 0 fully saturated rings. The Morgan fingerprint density at radius 1 is 0.514 bits per heavy atom. The molecule has 37 heavy (non-hydrogen) atoms. The lowest BCUT2D eigenvalue weighted by atomic mass is 10.1. The topological polar surface area (TPSA) is 74.6 Å². The molecule has 214 valence electrons. The highest BCUT2D eigenvalue weighted by Gasteiger charge is 2.13. The first-order chi connectivity index (χ1) is 18.0. The molecule has 2 N–H and O–H groups in total. The minimum absolute atomic E-state index is 0.190. The first-order valence-electron chi connectivity index (χ1n) is 15.3. The van der Waals surface area contributed by atoms with E-state index in [2.05, 4.69) is 20.8 Å². The first kappa shape index (κ1) is 35.6. The molecule has 0 aliphatic carbocycles. The van der Waals surface area contributed by atoms with Crippen molar-refractivity contribution < 1.29 is 19.8 Å². The third kappa shape index (κ3) is 21.2. The van der Waals surface area contributed by atoms with E-state index in [1.807, 2.05) is 0 Å². The molecular weight excluding hydrogens is 479 g/mol. The Hall–Kier alpha value is -1.41. The molecule has 0 aromatic heterocycles. The van der Waals surface area contributed by atoms with Crippen molar-refractivity contribution in [1.82, 2.24) is 0 Å². The van der Waals surface area contributed by atoms with E-state index in [4.69, 9.17) is 10.2 Å². The fourth-order valence-corrected chi connectivity index (χ4v) is 7.22. The van der Waals surface area contributed by atoms with Crippen LogP contribution in [0.3, 0.4) is 0 Å². The molecular formula is C32H57O4P. The minimum atomic E-state index is -1.23. The van der Waals surface area contributed by atoms with Crippen LogP contribution in [0.4, 0.5) is 0 Å². The Labute approximate surface area is 229 Å². The van der Waals surface area contributed by atoms with Crippen molar-refractivity contribution in [3.63, 3.8) is 0 Å². The third-order valence-electron chi connectivity index (χ3n) is 6.87. The summed E-state index contributed by atoms with van der Waals surface area (Å²) in [5, 5.41) is 17.1. The monoisotopic (exact) mass is 536 g/mol. The van der Waals surface area contributed by atoms with Crippen LogP contribution in [0.25, 0.3) is 0 Å². The van der Waals surface area contributed by atoms with E-state index in [9.17, 15) is 9.59 Å². The van der Waals surface area contributed by atoms with Crippen LogP contribution in [-0.4, -0.2) is 40.6 Å². The van der Waals surface area contributed by atoms with Crippen LogP contribution < -0.4 is 0 Å². The fraction of sp³-hybridized carbons (Fsp3) is 0.750. The predicted octanol–water partition coefficient (Wildman–Crippen LogP) is 10.6. The zero-order valence-corrected chi connectivity index (χ0v) is 25.2. The number of carboxylic acids is 2. The Bertz CT molecular complexity index is 605. The van der Waals surface area contributed by atoms with Gasteiger partial charge in [0, 0.05) is 0 Å². The van der Waals surface area contributed by atoms with Gasteiger partial charge in [0.1, 0.15) is 0 Å². The number of hydrogen-bond donors (Lipinski definition) is 2. The molecule has 0 saturated carbocycles. The highest BCUT2D eigenvalue weighted by atomic mass is 31.1. The summed E-state index contributed by atoms with van der Waals surface area (Å²) in [7, 11) is 0.366. The molecule has 1 rings (SSSR count). The van der Waals surface area contributed by atoms with Crippen LogP contribution in [0.5, 0.6) is 0 Å². The molecule has 0 aliphatic rings. The van der Waals surface area contributed by atoms with E-state index >= 15 is 0 Å². The molecule has 0 amide bonds. The number of rotatable bonds is 23. The quantitative estimate of drug-likeness (QED) is 0.108. The van der Waals surface area contributed by atoms with Crippen molar-refractivity contribution in [2.24, 2.45) is 0 Å². The highest BCUT2D eigenvalue weighted by molar-refractivity contribution is 7.57. The Kier molecular flexibility index (Phi) is 25.2. The molecule has 0 bridgehead atoms. The van der Waals surface area contributed by atoms with E-state index in [0.717, 1.165) is 0 Å². The first-order valence-corrected chi connectivity index (χ1v) is 17.2. The lowest BCUT2D eigenvalue weighted by Crippen LogP contribution is -2.06. The summed E-state index contributed by atoms with van der Waals surface area (Å²) in [6, 6.07) is 5.48. The number of carboxylic acid groups (broad SMARTS) is 2. The van der Waals surface area contributed by atoms with Crippen molar-refractivity contribution in [3.05, 3.63) is 35.4 Å². The Morgan fingerprint density at radius 2 is 0.784 bits per heavy atom. The average Bonchev–Trinajstić information content (AvgIpc) is 2.89. The van der Waals surface area contributed by atoms with E-state index in [0.29, 0.717) is 7.92 Å². The zero-order valence-electron chi connectivity index (χ0n) is 24.3. The number of benzene rings is 1. The minimum Gasteiger partial charge on any atom is -0.478 e. The summed E-state index contributed by atoms with van der Waals surface area (Å²) >= 11 is 0. The normalized spacial score (nSPS) is 10.8. The largest absolute Gasteiger partial charge is 0.478 e. The lowest BCUT2D eigenvalue weighted by molar-refractivity contribution is 0.0651. The van der Waals surface area contributed by atoms with Gasteiger partial charge in [0.15, 0.2) is 0 Å². The summed E-state index contributed by atoms with van der Waals surface area (Å²) in [4.78, 5) is 20.9. The van der Waals surface area contributed by atoms with Crippen LogP contribution in [0.1, 0.15) is 157 Å². The maximum atomic E-state index is 10.5. The van der Waals surface area contributed by atoms with Gasteiger partial charge in [0.25, 0.3) is 0 Å². The van der Waals surface area contributed by atoms with E-state index in [1.165, 1.54) is 140 Å². The number of carbonyl (C=O) groups is 2. The van der Waals surface area contributed by atoms with Gasteiger partial charge < -0.3 is 10.2 Å². The van der Waals surface area contributed by atoms with Crippen molar-refractivity contribution >= 4 is 19.9 Å². The second-order valence-electron chi connectivity index (χ2n) is 10.3. The van der Waals surface area contributed by atoms with Gasteiger partial charge in [-0.25, -0.2) is 9.59 Å². The molecule has 0 heterocycles. The molecule has 0 unspecified atom stereocenters. The van der Waals surface area contributed by atoms with Crippen LogP contribution >= 0.6 is 7.92 Å². The summed E-state index contributed by atoms with van der Waals surface area (Å²) in [6.45, 7) is 6.96. The van der Waals surface area contributed by atoms with Gasteiger partial charge in [-0.15, -0.1) is 7.92 Å². The maximum Gasteiger partial charge on any atom is 0.336 e. The molecule has 5 heteroatoms. The summed E-state index contributed by atoms with van der Waals surface area (Å²) in [6.07, 6.45) is 31.2. The highest BCUT2D eigenvalue weighted by Crippen LogP contribution is 2.39. The van der Waals surface area contributed by atoms with Gasteiger partial charge in [-0.05, 0) is 49.9 Å². The summed E-state index contributed by atoms with van der Waals surface area (Å²) < 4.78 is 0. The average molecular weight is 537 g/mol. The molecule has 1 aromatic carbocycles. The Morgan fingerprint density at radius 3 is 1.05 bits per heavy atom. The Balaban J connectivity index is 0.000000893. The lowest BCUT2D eigenvalue weighted by Gasteiger charge is -2.18. The van der Waals surface area contributed by atoms with Crippen molar-refractivity contribution in [2.45, 2.75) is 136 Å². The zero-order chi connectivity index (χ0) is 27.6. The standard InChI is InChI=1S/C24H51P.C8H6O4/c1-4-7-10-13-16-19-22-25(23-20-17-14-11-8-5-2)24-21-18-15-12-9-6-3;9-7(10)5-3-1-2-4-6(5)8(11)12/h4-24H2,1-3H3;1-4H,(H,9,10)(H,11,12). The number of hydrogen-bond acceptors (Lipinski definition) is 2. The van der Waals surface area contributed by atoms with Crippen molar-refractivity contribution in [1.29, 1.82) is 0 Å². The van der Waals surface area contributed by atoms with Gasteiger partial charge in [-0.3, -0.25) is 0 Å². The molecule has 0 radical (unpaired) electrons. The van der Waals surface area contributed by atoms with E-state index in [-0.39, 0.29) is 11.1 Å². The molecule has 0 aliphatic heterocycles. The van der Waals surface area contributed by atoms with E-state index < -0.39 is 11.9 Å². The molecule has 1 aromatic rings. The molecule has 0 atom stereocenters. The molecule has 0 spiro atoms. The maximum absolute atomic E-state index is 10.5. The van der Waals surface area contributed by atoms with Gasteiger partial charge in [0.2, 0.25) is 0 Å². The number of unbranched alkanes of at least 4 members (excludes halogenated alkanes) is 15. The van der Waals surface area contributed by atoms with Gasteiger partial charge >= 0.3 is 11.9 Å². The van der Waals surface area contributed by atoms with Crippen LogP contribution in [0.15, 0.2) is 24.3 Å². The molecule has 4 nitrogen and oxygen atoms in total. The van der Waals surface area contributed by atoms with Gasteiger partial charge in [-0.1, -0.05) is 129 Å². The summed E-state index contributed by atoms with van der Waals surface area (Å²) in [5.74, 6) is -2.46. The smallest absolute Gasteiger partial charge is 0.336 e. The van der Waals surface area contributed by atoms with Gasteiger partial charge in [-0.2, -0.15) is 0 Å².